The number of nitrogens with one attached hydrogen (secondary N) is 8. The van der Waals surface area contributed by atoms with Crippen LogP contribution < -0.4 is 48.5 Å². The molecule has 12 N–H and O–H groups in total. The van der Waals surface area contributed by atoms with Crippen molar-refractivity contribution in [1.29, 1.82) is 0 Å². The molecule has 1 rings (SSSR count). The number of nitrogens with zero attached hydrogens (tertiary/aromatic N) is 1. The number of aliphatic carboxylic acids is 2. The third kappa shape index (κ3) is 20.1. The van der Waals surface area contributed by atoms with Crippen molar-refractivity contribution in [3.63, 3.8) is 0 Å². The van der Waals surface area contributed by atoms with Gasteiger partial charge in [-0.2, -0.15) is 0 Å². The highest BCUT2D eigenvalue weighted by molar-refractivity contribution is 6.03. The standard InChI is InChI=1S/C38H62N10O13/c1-5-22(2)31(43-35(58)27(11-8-9-17-39)47-46-26(21-51)14-16-30(55)56)36(59)45-37(60)33(40-23(3)19-49)48-18-10-6-7-12-28(52)41-24(4)34(57)44-32(38(48)61)42-25(20-50)13-15-29(53)54/h6,10,19-27,31-33,40,42,46-47H,5,7-9,11-18,39H2,1-4H3,(H,41,52)(H,43,58)(H,44,57)(H,53,54)(H,55,56)(H,45,59,60)/t22-,23-,24-,25-,26-,27-,31-,32+,33+/m0/s1. The number of amides is 6. The lowest BCUT2D eigenvalue weighted by Crippen LogP contribution is -2.67. The minimum Gasteiger partial charge on any atom is -0.481 e. The van der Waals surface area contributed by atoms with Crippen molar-refractivity contribution in [2.24, 2.45) is 11.7 Å². The summed E-state index contributed by atoms with van der Waals surface area (Å²) in [6, 6.07) is -7.03. The fourth-order valence-electron chi connectivity index (χ4n) is 5.75. The molecule has 6 amide bonds. The Bertz CT molecular complexity index is 1560. The number of aldehydes is 3. The second-order valence-corrected chi connectivity index (χ2v) is 14.6. The maximum absolute atomic E-state index is 14.5. The van der Waals surface area contributed by atoms with Crippen molar-refractivity contribution >= 4 is 66.2 Å². The van der Waals surface area contributed by atoms with Crippen molar-refractivity contribution in [2.75, 3.05) is 13.1 Å². The molecule has 1 heterocycles. The van der Waals surface area contributed by atoms with Crippen LogP contribution in [-0.4, -0.2) is 143 Å². The zero-order chi connectivity index (χ0) is 46.1. The number of imide groups is 1. The summed E-state index contributed by atoms with van der Waals surface area (Å²) in [5, 5.41) is 33.2. The molecule has 0 bridgehead atoms. The van der Waals surface area contributed by atoms with Gasteiger partial charge in [0.15, 0.2) is 12.3 Å². The van der Waals surface area contributed by atoms with E-state index in [4.69, 9.17) is 10.8 Å². The van der Waals surface area contributed by atoms with Crippen LogP contribution in [0.4, 0.5) is 0 Å². The predicted octanol–water partition coefficient (Wildman–Crippen LogP) is -3.17. The fraction of sp³-hybridized carbons (Fsp3) is 0.658. The number of allylic oxidation sites excluding steroid dienone is 1. The molecule has 0 unspecified atom stereocenters. The lowest BCUT2D eigenvalue weighted by atomic mass is 9.97. The summed E-state index contributed by atoms with van der Waals surface area (Å²) >= 11 is 0. The number of nitrogens with two attached hydrogens (primary N) is 1. The largest absolute Gasteiger partial charge is 0.481 e. The Morgan fingerprint density at radius 3 is 2.08 bits per heavy atom. The van der Waals surface area contributed by atoms with E-state index in [2.05, 4.69) is 42.8 Å². The Labute approximate surface area is 353 Å². The molecule has 0 fully saturated rings. The second kappa shape index (κ2) is 28.9. The molecule has 0 aromatic rings. The van der Waals surface area contributed by atoms with Crippen molar-refractivity contribution in [3.05, 3.63) is 12.2 Å². The van der Waals surface area contributed by atoms with Gasteiger partial charge in [0.1, 0.15) is 30.9 Å². The smallest absolute Gasteiger partial charge is 0.303 e. The van der Waals surface area contributed by atoms with Gasteiger partial charge in [-0.1, -0.05) is 38.8 Å². The average molecular weight is 867 g/mol. The van der Waals surface area contributed by atoms with E-state index in [0.717, 1.165) is 4.90 Å². The molecule has 342 valence electrons. The van der Waals surface area contributed by atoms with Crippen molar-refractivity contribution in [2.45, 2.75) is 140 Å². The van der Waals surface area contributed by atoms with Gasteiger partial charge in [0.05, 0.1) is 24.2 Å². The van der Waals surface area contributed by atoms with E-state index in [9.17, 15) is 57.8 Å². The molecule has 0 saturated carbocycles. The molecule has 23 nitrogen and oxygen atoms in total. The van der Waals surface area contributed by atoms with E-state index in [1.54, 1.807) is 13.8 Å². The molecule has 0 saturated heterocycles. The van der Waals surface area contributed by atoms with Crippen molar-refractivity contribution < 1.29 is 63.0 Å². The van der Waals surface area contributed by atoms with Gasteiger partial charge in [0, 0.05) is 25.8 Å². The Morgan fingerprint density at radius 1 is 0.869 bits per heavy atom. The Morgan fingerprint density at radius 2 is 1.51 bits per heavy atom. The Kier molecular flexibility index (Phi) is 25.3. The van der Waals surface area contributed by atoms with Crippen LogP contribution in [0.3, 0.4) is 0 Å². The third-order valence-corrected chi connectivity index (χ3v) is 9.57. The number of carboxylic acid groups (broad SMARTS) is 2. The topological polar surface area (TPSA) is 354 Å². The van der Waals surface area contributed by atoms with E-state index in [-0.39, 0.29) is 38.5 Å². The van der Waals surface area contributed by atoms with Crippen LogP contribution in [0.5, 0.6) is 0 Å². The zero-order valence-corrected chi connectivity index (χ0v) is 35.0. The molecule has 0 spiro atoms. The van der Waals surface area contributed by atoms with Gasteiger partial charge in [-0.25, -0.2) is 10.9 Å². The maximum Gasteiger partial charge on any atom is 0.303 e. The van der Waals surface area contributed by atoms with Gasteiger partial charge in [-0.3, -0.25) is 54.3 Å². The van der Waals surface area contributed by atoms with Crippen LogP contribution in [0.15, 0.2) is 12.2 Å². The van der Waals surface area contributed by atoms with Crippen LogP contribution in [0.1, 0.15) is 91.9 Å². The number of carbonyl (C=O) groups excluding carboxylic acids is 9. The summed E-state index contributed by atoms with van der Waals surface area (Å²) in [5.74, 6) is -8.35. The van der Waals surface area contributed by atoms with E-state index >= 15 is 0 Å². The lowest BCUT2D eigenvalue weighted by molar-refractivity contribution is -0.147. The minimum atomic E-state index is -1.84. The number of hydrazine groups is 1. The van der Waals surface area contributed by atoms with Crippen molar-refractivity contribution in [3.8, 4) is 0 Å². The first-order valence-corrected chi connectivity index (χ1v) is 20.2. The maximum atomic E-state index is 14.5. The highest BCUT2D eigenvalue weighted by atomic mass is 16.4. The van der Waals surface area contributed by atoms with Gasteiger partial charge < -0.3 is 51.2 Å². The number of rotatable bonds is 27. The normalized spacial score (nSPS) is 19.7. The quantitative estimate of drug-likeness (QED) is 0.0168. The first kappa shape index (κ1) is 53.5. The van der Waals surface area contributed by atoms with Crippen LogP contribution in [0, 0.1) is 5.92 Å². The zero-order valence-electron chi connectivity index (χ0n) is 35.0. The van der Waals surface area contributed by atoms with Gasteiger partial charge in [-0.15, -0.1) is 0 Å². The number of carbonyl (C=O) groups is 11. The number of carboxylic acids is 2. The van der Waals surface area contributed by atoms with Crippen LogP contribution in [0.25, 0.3) is 0 Å². The molecule has 0 aromatic carbocycles. The Balaban J connectivity index is 3.64. The fourth-order valence-corrected chi connectivity index (χ4v) is 5.75. The molecule has 0 radical (unpaired) electrons. The second-order valence-electron chi connectivity index (χ2n) is 14.6. The first-order valence-electron chi connectivity index (χ1n) is 20.2. The first-order chi connectivity index (χ1) is 28.9. The molecule has 0 aliphatic carbocycles. The van der Waals surface area contributed by atoms with E-state index < -0.39 is 115 Å². The van der Waals surface area contributed by atoms with Crippen molar-refractivity contribution in [1.82, 2.24) is 47.7 Å². The lowest BCUT2D eigenvalue weighted by Gasteiger charge is -2.35. The Hall–Kier alpha value is -5.49. The molecule has 23 heteroatoms. The molecule has 61 heavy (non-hydrogen) atoms. The molecule has 1 aliphatic heterocycles. The summed E-state index contributed by atoms with van der Waals surface area (Å²) in [5.41, 5.74) is 11.0. The van der Waals surface area contributed by atoms with Crippen LogP contribution >= 0.6 is 0 Å². The summed E-state index contributed by atoms with van der Waals surface area (Å²) in [6.07, 6.45) is 0.816. The van der Waals surface area contributed by atoms with Gasteiger partial charge >= 0.3 is 11.9 Å². The minimum absolute atomic E-state index is 0.0600. The molecular weight excluding hydrogens is 804 g/mol. The summed E-state index contributed by atoms with van der Waals surface area (Å²) < 4.78 is 0. The summed E-state index contributed by atoms with van der Waals surface area (Å²) in [7, 11) is 0. The van der Waals surface area contributed by atoms with Gasteiger partial charge in [-0.05, 0) is 58.4 Å². The number of unbranched alkanes of at least 4 members (excludes halogenated alkanes) is 1. The van der Waals surface area contributed by atoms with E-state index in [1.165, 1.54) is 26.0 Å². The molecule has 0 aromatic heterocycles. The van der Waals surface area contributed by atoms with Gasteiger partial charge in [0.25, 0.3) is 11.8 Å². The van der Waals surface area contributed by atoms with Crippen LogP contribution in [0.2, 0.25) is 0 Å². The molecular formula is C38H62N10O13. The van der Waals surface area contributed by atoms with E-state index in [1.807, 2.05) is 0 Å². The number of hydrogen-bond donors (Lipinski definition) is 11. The summed E-state index contributed by atoms with van der Waals surface area (Å²) in [6.45, 7) is 5.94. The highest BCUT2D eigenvalue weighted by Gasteiger charge is 2.39. The van der Waals surface area contributed by atoms with Gasteiger partial charge in [0.2, 0.25) is 23.6 Å². The third-order valence-electron chi connectivity index (χ3n) is 9.57. The SMILES string of the molecule is CC[C@H](C)[C@H](NC(=O)[C@H](CCCCN)NN[C@H](C=O)CCC(=O)O)C(=O)NC(=O)[C@H](N[C@@H](C)C=O)N1CC=CCCC(=O)N[C@@H](C)C(=O)N[C@@H](N[C@H](C=O)CCC(=O)O)C1=O. The molecule has 1 aliphatic rings. The average Bonchev–Trinajstić information content (AvgIpc) is 3.22. The summed E-state index contributed by atoms with van der Waals surface area (Å²) in [4.78, 5) is 141. The van der Waals surface area contributed by atoms with E-state index in [0.29, 0.717) is 44.7 Å². The highest BCUT2D eigenvalue weighted by Crippen LogP contribution is 2.12. The monoisotopic (exact) mass is 866 g/mol. The number of hydrogen-bond acceptors (Lipinski definition) is 16. The van der Waals surface area contributed by atoms with Crippen LogP contribution in [-0.2, 0) is 52.7 Å². The predicted molar refractivity (Wildman–Crippen MR) is 216 cm³/mol. The molecule has 9 atom stereocenters.